The quantitative estimate of drug-likeness (QED) is 0.347. The highest BCUT2D eigenvalue weighted by atomic mass is 19.1. The van der Waals surface area contributed by atoms with Gasteiger partial charge in [-0.2, -0.15) is 0 Å². The van der Waals surface area contributed by atoms with Gasteiger partial charge in [0.2, 0.25) is 0 Å². The van der Waals surface area contributed by atoms with Crippen LogP contribution in [0.15, 0.2) is 25.1 Å². The van der Waals surface area contributed by atoms with Crippen molar-refractivity contribution < 1.29 is 13.9 Å². The zero-order valence-corrected chi connectivity index (χ0v) is 6.25. The number of carbonyl (C=O) groups excluding carboxylic acids is 1. The van der Waals surface area contributed by atoms with Gasteiger partial charge in [-0.15, -0.1) is 0 Å². The molecule has 62 valence electrons. The van der Waals surface area contributed by atoms with Gasteiger partial charge in [0.15, 0.2) is 0 Å². The van der Waals surface area contributed by atoms with Gasteiger partial charge in [0.25, 0.3) is 0 Å². The molecule has 0 aliphatic carbocycles. The van der Waals surface area contributed by atoms with E-state index in [0.717, 1.165) is 6.08 Å². The van der Waals surface area contributed by atoms with E-state index in [0.29, 0.717) is 25.8 Å². The van der Waals surface area contributed by atoms with E-state index in [1.54, 1.807) is 0 Å². The number of allylic oxidation sites excluding steroid dienone is 1. The maximum absolute atomic E-state index is 11.3. The number of hydrogen-bond acceptors (Lipinski definition) is 2. The van der Waals surface area contributed by atoms with Gasteiger partial charge >= 0.3 is 5.97 Å². The first-order valence-electron chi connectivity index (χ1n) is 3.35. The average Bonchev–Trinajstić information content (AvgIpc) is 2.04. The first-order chi connectivity index (χ1) is 5.31. The van der Waals surface area contributed by atoms with E-state index in [-0.39, 0.29) is 0 Å². The summed E-state index contributed by atoms with van der Waals surface area (Å²) in [6, 6.07) is 0. The predicted molar refractivity (Wildman–Crippen MR) is 40.6 cm³/mol. The molecule has 0 aliphatic heterocycles. The zero-order chi connectivity index (χ0) is 8.53. The number of esters is 1. The molecule has 3 heteroatoms. The minimum atomic E-state index is -0.436. The molecule has 0 N–H and O–H groups in total. The molecule has 11 heavy (non-hydrogen) atoms. The van der Waals surface area contributed by atoms with Crippen molar-refractivity contribution >= 4 is 5.97 Å². The number of ether oxygens (including phenoxy) is 1. The van der Waals surface area contributed by atoms with Gasteiger partial charge in [-0.1, -0.05) is 12.7 Å². The third-order valence-electron chi connectivity index (χ3n) is 1.02. The van der Waals surface area contributed by atoms with Gasteiger partial charge in [-0.3, -0.25) is 0 Å². The highest BCUT2D eigenvalue weighted by molar-refractivity contribution is 5.81. The van der Waals surface area contributed by atoms with E-state index in [2.05, 4.69) is 11.3 Å². The van der Waals surface area contributed by atoms with Crippen molar-refractivity contribution in [1.82, 2.24) is 0 Å². The Labute approximate surface area is 65.4 Å². The summed E-state index contributed by atoms with van der Waals surface area (Å²) in [5.74, 6) is -0.436. The molecule has 0 spiro atoms. The summed E-state index contributed by atoms with van der Waals surface area (Å²) in [4.78, 5) is 10.4. The van der Waals surface area contributed by atoms with E-state index >= 15 is 0 Å². The van der Waals surface area contributed by atoms with E-state index < -0.39 is 5.97 Å². The van der Waals surface area contributed by atoms with Crippen LogP contribution in [0, 0.1) is 0 Å². The Balaban J connectivity index is 3.14. The highest BCUT2D eigenvalue weighted by Crippen LogP contribution is 1.92. The Morgan fingerprint density at radius 3 is 2.91 bits per heavy atom. The number of unbranched alkanes of at least 4 members (excludes halogenated alkanes) is 1. The lowest BCUT2D eigenvalue weighted by Crippen LogP contribution is -2.00. The van der Waals surface area contributed by atoms with Crippen LogP contribution < -0.4 is 0 Å². The lowest BCUT2D eigenvalue weighted by Gasteiger charge is -1.97. The fraction of sp³-hybridized carbons (Fsp3) is 0.375. The highest BCUT2D eigenvalue weighted by Gasteiger charge is 1.92. The lowest BCUT2D eigenvalue weighted by molar-refractivity contribution is -0.137. The third kappa shape index (κ3) is 6.77. The Morgan fingerprint density at radius 1 is 1.64 bits per heavy atom. The summed E-state index contributed by atoms with van der Waals surface area (Å²) >= 11 is 0. The number of halogens is 1. The van der Waals surface area contributed by atoms with Gasteiger partial charge in [-0.25, -0.2) is 9.18 Å². The molecular weight excluding hydrogens is 147 g/mol. The molecule has 2 nitrogen and oxygen atoms in total. The summed E-state index contributed by atoms with van der Waals surface area (Å²) in [6.07, 6.45) is 4.18. The molecule has 0 radical (unpaired) electrons. The van der Waals surface area contributed by atoms with Crippen LogP contribution in [0.3, 0.4) is 0 Å². The predicted octanol–water partition coefficient (Wildman–Crippen LogP) is 1.98. The standard InChI is InChI=1S/C8H11FO2/c1-2-8(10)11-7-5-3-4-6-9/h2,4,6H,1,3,5,7H2. The Bertz CT molecular complexity index is 152. The molecule has 0 saturated heterocycles. The summed E-state index contributed by atoms with van der Waals surface area (Å²) in [5.41, 5.74) is 0. The maximum atomic E-state index is 11.3. The van der Waals surface area contributed by atoms with Crippen LogP contribution in [0.5, 0.6) is 0 Å². The molecule has 0 unspecified atom stereocenters. The second-order valence-electron chi connectivity index (χ2n) is 1.88. The van der Waals surface area contributed by atoms with Crippen molar-refractivity contribution in [2.24, 2.45) is 0 Å². The van der Waals surface area contributed by atoms with Crippen LogP contribution in [0.2, 0.25) is 0 Å². The molecule has 0 fully saturated rings. The topological polar surface area (TPSA) is 26.3 Å². The fourth-order valence-electron chi connectivity index (χ4n) is 0.496. The van der Waals surface area contributed by atoms with Crippen molar-refractivity contribution in [3.05, 3.63) is 25.1 Å². The molecular formula is C8H11FO2. The van der Waals surface area contributed by atoms with Crippen LogP contribution in [0.1, 0.15) is 12.8 Å². The molecule has 0 rings (SSSR count). The van der Waals surface area contributed by atoms with Gasteiger partial charge in [0.1, 0.15) is 0 Å². The minimum Gasteiger partial charge on any atom is -0.463 e. The van der Waals surface area contributed by atoms with Crippen molar-refractivity contribution in [3.63, 3.8) is 0 Å². The second-order valence-corrected chi connectivity index (χ2v) is 1.88. The zero-order valence-electron chi connectivity index (χ0n) is 6.25. The minimum absolute atomic E-state index is 0.315. The Morgan fingerprint density at radius 2 is 2.36 bits per heavy atom. The third-order valence-corrected chi connectivity index (χ3v) is 1.02. The van der Waals surface area contributed by atoms with Crippen LogP contribution >= 0.6 is 0 Å². The smallest absolute Gasteiger partial charge is 0.330 e. The summed E-state index contributed by atoms with van der Waals surface area (Å²) in [7, 11) is 0. The Kier molecular flexibility index (Phi) is 6.28. The average molecular weight is 158 g/mol. The van der Waals surface area contributed by atoms with Gasteiger partial charge < -0.3 is 4.74 Å². The first-order valence-corrected chi connectivity index (χ1v) is 3.35. The number of hydrogen-bond donors (Lipinski definition) is 0. The van der Waals surface area contributed by atoms with E-state index in [1.165, 1.54) is 6.08 Å². The maximum Gasteiger partial charge on any atom is 0.330 e. The molecule has 0 heterocycles. The Hall–Kier alpha value is -1.12. The van der Waals surface area contributed by atoms with Crippen molar-refractivity contribution in [2.75, 3.05) is 6.61 Å². The van der Waals surface area contributed by atoms with E-state index in [9.17, 15) is 9.18 Å². The van der Waals surface area contributed by atoms with Gasteiger partial charge in [-0.05, 0) is 12.8 Å². The second kappa shape index (κ2) is 6.99. The molecule has 0 atom stereocenters. The SMILES string of the molecule is C=CC(=O)OCCCC=CF. The monoisotopic (exact) mass is 158 g/mol. The van der Waals surface area contributed by atoms with Crippen molar-refractivity contribution in [3.8, 4) is 0 Å². The van der Waals surface area contributed by atoms with Crippen LogP contribution in [0.4, 0.5) is 4.39 Å². The largest absolute Gasteiger partial charge is 0.463 e. The summed E-state index contributed by atoms with van der Waals surface area (Å²) in [6.45, 7) is 3.54. The van der Waals surface area contributed by atoms with Crippen molar-refractivity contribution in [2.45, 2.75) is 12.8 Å². The van der Waals surface area contributed by atoms with Gasteiger partial charge in [0, 0.05) is 6.08 Å². The van der Waals surface area contributed by atoms with E-state index in [1.807, 2.05) is 0 Å². The molecule has 0 amide bonds. The van der Waals surface area contributed by atoms with Crippen molar-refractivity contribution in [1.29, 1.82) is 0 Å². The number of rotatable bonds is 5. The molecule has 0 aromatic heterocycles. The fourth-order valence-corrected chi connectivity index (χ4v) is 0.496. The first kappa shape index (κ1) is 9.88. The van der Waals surface area contributed by atoms with E-state index in [4.69, 9.17) is 0 Å². The summed E-state index contributed by atoms with van der Waals surface area (Å²) in [5, 5.41) is 0. The molecule has 0 aromatic rings. The molecule has 0 saturated carbocycles. The van der Waals surface area contributed by atoms with Crippen LogP contribution in [-0.4, -0.2) is 12.6 Å². The molecule has 0 aliphatic rings. The van der Waals surface area contributed by atoms with Crippen LogP contribution in [0.25, 0.3) is 0 Å². The summed E-state index contributed by atoms with van der Waals surface area (Å²) < 4.78 is 16.0. The lowest BCUT2D eigenvalue weighted by atomic mass is 10.3. The van der Waals surface area contributed by atoms with Gasteiger partial charge in [0.05, 0.1) is 12.9 Å². The normalized spacial score (nSPS) is 9.91. The number of carbonyl (C=O) groups is 1. The van der Waals surface area contributed by atoms with Crippen LogP contribution in [-0.2, 0) is 9.53 Å². The molecule has 0 aromatic carbocycles. The molecule has 0 bridgehead atoms.